The van der Waals surface area contributed by atoms with Gasteiger partial charge in [-0.2, -0.15) is 0 Å². The molecule has 5 rings (SSSR count). The second-order valence-electron chi connectivity index (χ2n) is 7.66. The zero-order valence-corrected chi connectivity index (χ0v) is 19.4. The summed E-state index contributed by atoms with van der Waals surface area (Å²) in [7, 11) is -3.88. The standard InChI is InChI=1S/C23H19FN2O3S3/c24-14-9-11-15(12-10-14)32(28,29)13-20(27)26-23-21(16-5-1-3-7-18(16)30-23)22-25-17-6-2-4-8-19(17)31-22/h2,4,6,8-12H,1,3,5,7,13H2,(H,26,27). The van der Waals surface area contributed by atoms with Crippen molar-refractivity contribution in [2.24, 2.45) is 0 Å². The van der Waals surface area contributed by atoms with E-state index in [0.717, 1.165) is 58.6 Å². The molecule has 1 N–H and O–H groups in total. The van der Waals surface area contributed by atoms with Crippen molar-refractivity contribution >= 4 is 53.6 Å². The molecule has 1 aliphatic rings. The van der Waals surface area contributed by atoms with Crippen molar-refractivity contribution in [3.05, 3.63) is 64.8 Å². The lowest BCUT2D eigenvalue weighted by Gasteiger charge is -2.12. The van der Waals surface area contributed by atoms with Crippen LogP contribution in [0.4, 0.5) is 9.39 Å². The van der Waals surface area contributed by atoms with Gasteiger partial charge >= 0.3 is 0 Å². The lowest BCUT2D eigenvalue weighted by molar-refractivity contribution is -0.113. The van der Waals surface area contributed by atoms with Gasteiger partial charge < -0.3 is 5.32 Å². The smallest absolute Gasteiger partial charge is 0.240 e. The van der Waals surface area contributed by atoms with E-state index in [1.807, 2.05) is 24.3 Å². The molecule has 2 heterocycles. The molecular formula is C23H19FN2O3S3. The maximum absolute atomic E-state index is 13.1. The lowest BCUT2D eigenvalue weighted by atomic mass is 9.96. The molecule has 5 nitrogen and oxygen atoms in total. The Bertz CT molecular complexity index is 1390. The van der Waals surface area contributed by atoms with Crippen molar-refractivity contribution in [1.29, 1.82) is 0 Å². The van der Waals surface area contributed by atoms with Gasteiger partial charge in [-0.25, -0.2) is 17.8 Å². The van der Waals surface area contributed by atoms with Crippen LogP contribution in [-0.4, -0.2) is 25.1 Å². The summed E-state index contributed by atoms with van der Waals surface area (Å²) in [5.41, 5.74) is 3.02. The zero-order chi connectivity index (χ0) is 22.3. The fraction of sp³-hybridized carbons (Fsp3) is 0.217. The summed E-state index contributed by atoms with van der Waals surface area (Å²) in [6.07, 6.45) is 4.04. The number of benzene rings is 2. The minimum Gasteiger partial charge on any atom is -0.316 e. The van der Waals surface area contributed by atoms with E-state index in [1.54, 1.807) is 11.3 Å². The van der Waals surface area contributed by atoms with E-state index >= 15 is 0 Å². The van der Waals surface area contributed by atoms with E-state index in [-0.39, 0.29) is 4.90 Å². The second kappa shape index (κ2) is 8.38. The van der Waals surface area contributed by atoms with Crippen LogP contribution < -0.4 is 5.32 Å². The average Bonchev–Trinajstić information content (AvgIpc) is 3.33. The van der Waals surface area contributed by atoms with Crippen LogP contribution in [0.25, 0.3) is 20.8 Å². The molecule has 0 atom stereocenters. The highest BCUT2D eigenvalue weighted by Crippen LogP contribution is 2.46. The summed E-state index contributed by atoms with van der Waals surface area (Å²) in [4.78, 5) is 18.7. The van der Waals surface area contributed by atoms with E-state index in [9.17, 15) is 17.6 Å². The number of thiazole rings is 1. The van der Waals surface area contributed by atoms with Gasteiger partial charge in [0.05, 0.1) is 15.1 Å². The summed E-state index contributed by atoms with van der Waals surface area (Å²) < 4.78 is 39.4. The summed E-state index contributed by atoms with van der Waals surface area (Å²) in [5.74, 6) is -1.85. The number of aryl methyl sites for hydroxylation is 1. The van der Waals surface area contributed by atoms with Gasteiger partial charge in [0, 0.05) is 10.4 Å². The molecule has 1 aliphatic carbocycles. The van der Waals surface area contributed by atoms with Crippen LogP contribution in [0.3, 0.4) is 0 Å². The number of anilines is 1. The average molecular weight is 487 g/mol. The molecule has 0 radical (unpaired) electrons. The minimum atomic E-state index is -3.88. The van der Waals surface area contributed by atoms with Crippen molar-refractivity contribution in [3.8, 4) is 10.6 Å². The number of carbonyl (C=O) groups is 1. The second-order valence-corrected chi connectivity index (χ2v) is 11.8. The van der Waals surface area contributed by atoms with Crippen LogP contribution in [0, 0.1) is 5.82 Å². The first kappa shape index (κ1) is 21.2. The Morgan fingerprint density at radius 1 is 1.03 bits per heavy atom. The van der Waals surface area contributed by atoms with Gasteiger partial charge in [0.15, 0.2) is 9.84 Å². The Morgan fingerprint density at radius 2 is 1.78 bits per heavy atom. The van der Waals surface area contributed by atoms with Crippen LogP contribution in [0.1, 0.15) is 23.3 Å². The number of fused-ring (bicyclic) bond motifs is 2. The van der Waals surface area contributed by atoms with Gasteiger partial charge in [-0.05, 0) is 67.6 Å². The third-order valence-corrected chi connectivity index (χ3v) is 9.32. The topological polar surface area (TPSA) is 76.1 Å². The number of thiophene rings is 1. The van der Waals surface area contributed by atoms with Crippen LogP contribution in [0.5, 0.6) is 0 Å². The first-order valence-corrected chi connectivity index (χ1v) is 13.5. The third kappa shape index (κ3) is 4.07. The Morgan fingerprint density at radius 3 is 2.56 bits per heavy atom. The number of hydrogen-bond donors (Lipinski definition) is 1. The summed E-state index contributed by atoms with van der Waals surface area (Å²) in [5, 5.41) is 4.32. The van der Waals surface area contributed by atoms with Crippen LogP contribution >= 0.6 is 22.7 Å². The van der Waals surface area contributed by atoms with Gasteiger partial charge in [0.2, 0.25) is 5.91 Å². The molecule has 1 amide bonds. The van der Waals surface area contributed by atoms with Crippen LogP contribution in [-0.2, 0) is 27.5 Å². The number of carbonyl (C=O) groups excluding carboxylic acids is 1. The van der Waals surface area contributed by atoms with Crippen molar-refractivity contribution in [2.45, 2.75) is 30.6 Å². The highest BCUT2D eigenvalue weighted by atomic mass is 32.2. The highest BCUT2D eigenvalue weighted by Gasteiger charge is 2.27. The van der Waals surface area contributed by atoms with E-state index in [4.69, 9.17) is 4.98 Å². The highest BCUT2D eigenvalue weighted by molar-refractivity contribution is 7.92. The summed E-state index contributed by atoms with van der Waals surface area (Å²) in [6, 6.07) is 12.4. The van der Waals surface area contributed by atoms with Crippen molar-refractivity contribution in [3.63, 3.8) is 0 Å². The molecule has 4 aromatic rings. The number of amides is 1. The van der Waals surface area contributed by atoms with Gasteiger partial charge in [-0.15, -0.1) is 22.7 Å². The molecule has 0 fully saturated rings. The van der Waals surface area contributed by atoms with Crippen LogP contribution in [0.2, 0.25) is 0 Å². The third-order valence-electron chi connectivity index (χ3n) is 5.43. The quantitative estimate of drug-likeness (QED) is 0.380. The molecule has 0 spiro atoms. The predicted molar refractivity (Wildman–Crippen MR) is 127 cm³/mol. The number of para-hydroxylation sites is 1. The molecule has 2 aromatic heterocycles. The number of sulfone groups is 1. The number of aromatic nitrogens is 1. The molecule has 0 saturated heterocycles. The van der Waals surface area contributed by atoms with Crippen molar-refractivity contribution in [1.82, 2.24) is 4.98 Å². The maximum Gasteiger partial charge on any atom is 0.240 e. The molecular weight excluding hydrogens is 467 g/mol. The van der Waals surface area contributed by atoms with Gasteiger partial charge in [-0.1, -0.05) is 12.1 Å². The van der Waals surface area contributed by atoms with Gasteiger partial charge in [0.25, 0.3) is 0 Å². The largest absolute Gasteiger partial charge is 0.316 e. The maximum atomic E-state index is 13.1. The molecule has 0 unspecified atom stereocenters. The molecule has 0 aliphatic heterocycles. The lowest BCUT2D eigenvalue weighted by Crippen LogP contribution is -2.22. The normalized spacial score (nSPS) is 13.8. The Hall–Kier alpha value is -2.62. The molecule has 9 heteroatoms. The van der Waals surface area contributed by atoms with Crippen LogP contribution in [0.15, 0.2) is 53.4 Å². The van der Waals surface area contributed by atoms with Crippen molar-refractivity contribution in [2.75, 3.05) is 11.1 Å². The number of rotatable bonds is 5. The van der Waals surface area contributed by atoms with Gasteiger partial charge in [0.1, 0.15) is 21.6 Å². The molecule has 2 aromatic carbocycles. The molecule has 164 valence electrons. The molecule has 0 bridgehead atoms. The number of halogens is 1. The fourth-order valence-electron chi connectivity index (χ4n) is 3.92. The van der Waals surface area contributed by atoms with E-state index in [0.29, 0.717) is 5.00 Å². The monoisotopic (exact) mass is 486 g/mol. The van der Waals surface area contributed by atoms with E-state index < -0.39 is 27.3 Å². The Kier molecular flexibility index (Phi) is 5.56. The molecule has 0 saturated carbocycles. The first-order chi connectivity index (χ1) is 15.4. The SMILES string of the molecule is O=C(CS(=O)(=O)c1ccc(F)cc1)Nc1sc2c(c1-c1nc3ccccc3s1)CCCC2. The minimum absolute atomic E-state index is 0.0779. The number of nitrogens with zero attached hydrogens (tertiary/aromatic N) is 1. The van der Waals surface area contributed by atoms with Crippen molar-refractivity contribution < 1.29 is 17.6 Å². The predicted octanol–water partition coefficient (Wildman–Crippen LogP) is 5.46. The fourth-order valence-corrected chi connectivity index (χ4v) is 7.47. The van der Waals surface area contributed by atoms with Gasteiger partial charge in [-0.3, -0.25) is 4.79 Å². The summed E-state index contributed by atoms with van der Waals surface area (Å²) >= 11 is 3.08. The zero-order valence-electron chi connectivity index (χ0n) is 16.9. The number of nitrogens with one attached hydrogen (secondary N) is 1. The summed E-state index contributed by atoms with van der Waals surface area (Å²) in [6.45, 7) is 0. The Labute approximate surface area is 192 Å². The van der Waals surface area contributed by atoms with E-state index in [2.05, 4.69) is 5.32 Å². The number of hydrogen-bond acceptors (Lipinski definition) is 6. The van der Waals surface area contributed by atoms with E-state index in [1.165, 1.54) is 33.9 Å². The molecule has 32 heavy (non-hydrogen) atoms. The Balaban J connectivity index is 1.47. The first-order valence-electron chi connectivity index (χ1n) is 10.2.